The van der Waals surface area contributed by atoms with E-state index < -0.39 is 12.5 Å². The molecule has 1 aliphatic heterocycles. The van der Waals surface area contributed by atoms with E-state index in [0.29, 0.717) is 19.6 Å². The van der Waals surface area contributed by atoms with Gasteiger partial charge < -0.3 is 5.32 Å². The number of hydrogen-bond acceptors (Lipinski definition) is 2. The smallest absolute Gasteiger partial charge is 0.255 e. The Morgan fingerprint density at radius 3 is 2.85 bits per heavy atom. The van der Waals surface area contributed by atoms with Crippen LogP contribution < -0.4 is 5.32 Å². The first-order chi connectivity index (χ1) is 5.75. The van der Waals surface area contributed by atoms with Gasteiger partial charge in [-0.1, -0.05) is 6.08 Å². The largest absolute Gasteiger partial charge is 0.314 e. The molecule has 2 nitrogen and oxygen atoms in total. The summed E-state index contributed by atoms with van der Waals surface area (Å²) in [6.45, 7) is 5.94. The maximum atomic E-state index is 12.4. The van der Waals surface area contributed by atoms with Crippen LogP contribution in [0.3, 0.4) is 0 Å². The summed E-state index contributed by atoms with van der Waals surface area (Å²) in [7, 11) is 0. The van der Waals surface area contributed by atoms with Crippen LogP contribution in [0.1, 0.15) is 0 Å². The first-order valence-electron chi connectivity index (χ1n) is 4.09. The topological polar surface area (TPSA) is 15.3 Å². The zero-order chi connectivity index (χ0) is 8.97. The minimum absolute atomic E-state index is 0. The minimum atomic E-state index is -2.27. The summed E-state index contributed by atoms with van der Waals surface area (Å²) in [6, 6.07) is -0.642. The fourth-order valence-corrected chi connectivity index (χ4v) is 1.41. The number of nitrogens with one attached hydrogen (secondary N) is 1. The van der Waals surface area contributed by atoms with Gasteiger partial charge in [0.15, 0.2) is 0 Å². The lowest BCUT2D eigenvalue weighted by Crippen LogP contribution is -2.54. The summed E-state index contributed by atoms with van der Waals surface area (Å²) in [6.07, 6.45) is -0.599. The maximum Gasteiger partial charge on any atom is 0.255 e. The molecule has 1 unspecified atom stereocenters. The van der Waals surface area contributed by atoms with E-state index in [2.05, 4.69) is 11.9 Å². The number of alkyl halides is 2. The predicted octanol–water partition coefficient (Wildman–Crippen LogP) is 1.13. The normalized spacial score (nSPS) is 24.1. The van der Waals surface area contributed by atoms with Crippen molar-refractivity contribution < 1.29 is 8.78 Å². The second-order valence-corrected chi connectivity index (χ2v) is 2.89. The van der Waals surface area contributed by atoms with Crippen molar-refractivity contribution >= 4 is 12.4 Å². The number of rotatable bonds is 3. The Labute approximate surface area is 83.4 Å². The van der Waals surface area contributed by atoms with Crippen molar-refractivity contribution in [3.8, 4) is 0 Å². The third kappa shape index (κ3) is 3.58. The van der Waals surface area contributed by atoms with Gasteiger partial charge in [-0.25, -0.2) is 8.78 Å². The highest BCUT2D eigenvalue weighted by atomic mass is 35.5. The Morgan fingerprint density at radius 2 is 2.31 bits per heavy atom. The first kappa shape index (κ1) is 12.8. The Hall–Kier alpha value is -0.190. The molecule has 78 valence electrons. The third-order valence-electron chi connectivity index (χ3n) is 2.05. The number of halogens is 3. The Morgan fingerprint density at radius 1 is 1.62 bits per heavy atom. The van der Waals surface area contributed by atoms with E-state index in [4.69, 9.17) is 0 Å². The summed E-state index contributed by atoms with van der Waals surface area (Å²) in [4.78, 5) is 1.76. The van der Waals surface area contributed by atoms with Gasteiger partial charge in [0.05, 0.1) is 6.04 Å². The van der Waals surface area contributed by atoms with E-state index in [1.165, 1.54) is 0 Å². The van der Waals surface area contributed by atoms with Gasteiger partial charge >= 0.3 is 0 Å². The van der Waals surface area contributed by atoms with Crippen molar-refractivity contribution in [1.29, 1.82) is 0 Å². The molecule has 5 heteroatoms. The summed E-state index contributed by atoms with van der Waals surface area (Å²) in [5, 5.41) is 2.95. The van der Waals surface area contributed by atoms with E-state index in [9.17, 15) is 8.78 Å². The van der Waals surface area contributed by atoms with Crippen LogP contribution in [-0.2, 0) is 0 Å². The molecule has 1 saturated heterocycles. The summed E-state index contributed by atoms with van der Waals surface area (Å²) in [5.74, 6) is 0. The van der Waals surface area contributed by atoms with Gasteiger partial charge in [0.25, 0.3) is 6.43 Å². The van der Waals surface area contributed by atoms with Crippen LogP contribution in [-0.4, -0.2) is 43.5 Å². The summed E-state index contributed by atoms with van der Waals surface area (Å²) in [5.41, 5.74) is 0. The summed E-state index contributed by atoms with van der Waals surface area (Å²) < 4.78 is 24.8. The van der Waals surface area contributed by atoms with Crippen LogP contribution in [0.4, 0.5) is 8.78 Å². The molecule has 1 heterocycles. The molecule has 1 atom stereocenters. The maximum absolute atomic E-state index is 12.4. The van der Waals surface area contributed by atoms with Gasteiger partial charge in [-0.3, -0.25) is 4.90 Å². The van der Waals surface area contributed by atoms with Crippen LogP contribution in [0.2, 0.25) is 0 Å². The number of piperazine rings is 1. The van der Waals surface area contributed by atoms with E-state index in [0.717, 1.165) is 6.54 Å². The average molecular weight is 213 g/mol. The van der Waals surface area contributed by atoms with Crippen LogP contribution in [0, 0.1) is 0 Å². The molecule has 0 saturated carbocycles. The quantitative estimate of drug-likeness (QED) is 0.706. The van der Waals surface area contributed by atoms with Crippen LogP contribution in [0.5, 0.6) is 0 Å². The van der Waals surface area contributed by atoms with Crippen LogP contribution in [0.15, 0.2) is 12.7 Å². The number of hydrogen-bond donors (Lipinski definition) is 1. The zero-order valence-corrected chi connectivity index (χ0v) is 8.20. The molecule has 0 spiro atoms. The fourth-order valence-electron chi connectivity index (χ4n) is 1.41. The SMILES string of the molecule is C=CCN1CCNCC1C(F)F.Cl. The van der Waals surface area contributed by atoms with Crippen molar-refractivity contribution in [2.75, 3.05) is 26.2 Å². The monoisotopic (exact) mass is 212 g/mol. The zero-order valence-electron chi connectivity index (χ0n) is 7.38. The van der Waals surface area contributed by atoms with Crippen molar-refractivity contribution in [3.63, 3.8) is 0 Å². The van der Waals surface area contributed by atoms with Gasteiger partial charge in [-0.2, -0.15) is 0 Å². The molecule has 0 aromatic rings. The second kappa shape index (κ2) is 6.29. The second-order valence-electron chi connectivity index (χ2n) is 2.89. The van der Waals surface area contributed by atoms with Crippen molar-refractivity contribution in [1.82, 2.24) is 10.2 Å². The molecular formula is C8H15ClF2N2. The first-order valence-corrected chi connectivity index (χ1v) is 4.09. The third-order valence-corrected chi connectivity index (χ3v) is 2.05. The van der Waals surface area contributed by atoms with Crippen molar-refractivity contribution in [2.24, 2.45) is 0 Å². The minimum Gasteiger partial charge on any atom is -0.314 e. The molecular weight excluding hydrogens is 198 g/mol. The van der Waals surface area contributed by atoms with Crippen LogP contribution in [0.25, 0.3) is 0 Å². The Balaban J connectivity index is 0.00000144. The summed E-state index contributed by atoms with van der Waals surface area (Å²) >= 11 is 0. The van der Waals surface area contributed by atoms with Crippen molar-refractivity contribution in [2.45, 2.75) is 12.5 Å². The van der Waals surface area contributed by atoms with E-state index in [1.54, 1.807) is 11.0 Å². The molecule has 0 aliphatic carbocycles. The lowest BCUT2D eigenvalue weighted by atomic mass is 10.2. The molecule has 1 aliphatic rings. The lowest BCUT2D eigenvalue weighted by Gasteiger charge is -2.34. The van der Waals surface area contributed by atoms with Crippen LogP contribution >= 0.6 is 12.4 Å². The molecule has 0 bridgehead atoms. The molecule has 1 N–H and O–H groups in total. The molecule has 1 rings (SSSR count). The standard InChI is InChI=1S/C8H14F2N2.ClH/c1-2-4-12-5-3-11-6-7(12)8(9)10;/h2,7-8,11H,1,3-6H2;1H. The molecule has 0 radical (unpaired) electrons. The molecule has 13 heavy (non-hydrogen) atoms. The molecule has 0 aromatic heterocycles. The fraction of sp³-hybridized carbons (Fsp3) is 0.750. The average Bonchev–Trinajstić information content (AvgIpc) is 2.05. The van der Waals surface area contributed by atoms with E-state index in [1.807, 2.05) is 0 Å². The van der Waals surface area contributed by atoms with E-state index >= 15 is 0 Å². The van der Waals surface area contributed by atoms with Gasteiger partial charge in [0.1, 0.15) is 0 Å². The lowest BCUT2D eigenvalue weighted by molar-refractivity contribution is 0.0184. The van der Waals surface area contributed by atoms with Gasteiger partial charge in [-0.15, -0.1) is 19.0 Å². The predicted molar refractivity (Wildman–Crippen MR) is 51.7 cm³/mol. The van der Waals surface area contributed by atoms with E-state index in [-0.39, 0.29) is 12.4 Å². The molecule has 0 amide bonds. The highest BCUT2D eigenvalue weighted by molar-refractivity contribution is 5.85. The highest BCUT2D eigenvalue weighted by Gasteiger charge is 2.28. The Kier molecular flexibility index (Phi) is 6.20. The molecule has 1 fully saturated rings. The number of nitrogens with zero attached hydrogens (tertiary/aromatic N) is 1. The van der Waals surface area contributed by atoms with Crippen molar-refractivity contribution in [3.05, 3.63) is 12.7 Å². The Bertz CT molecular complexity index is 155. The van der Waals surface area contributed by atoms with Gasteiger partial charge in [-0.05, 0) is 0 Å². The van der Waals surface area contributed by atoms with Gasteiger partial charge in [0, 0.05) is 26.2 Å². The molecule has 0 aromatic carbocycles. The van der Waals surface area contributed by atoms with Gasteiger partial charge in [0.2, 0.25) is 0 Å². The highest BCUT2D eigenvalue weighted by Crippen LogP contribution is 2.11.